The Hall–Kier alpha value is -3.21. The molecule has 0 amide bonds. The van der Waals surface area contributed by atoms with Crippen LogP contribution in [-0.2, 0) is 0 Å². The highest BCUT2D eigenvalue weighted by molar-refractivity contribution is 5.73. The third-order valence-corrected chi connectivity index (χ3v) is 3.75. The summed E-state index contributed by atoms with van der Waals surface area (Å²) in [7, 11) is 0. The van der Waals surface area contributed by atoms with Crippen molar-refractivity contribution >= 4 is 5.65 Å². The first kappa shape index (κ1) is 13.5. The van der Waals surface area contributed by atoms with Crippen LogP contribution in [0.4, 0.5) is 0 Å². The number of hydrogen-bond acceptors (Lipinski definition) is 3. The molecule has 0 saturated heterocycles. The smallest absolute Gasteiger partial charge is 0.202 e. The molecule has 0 N–H and O–H groups in total. The highest BCUT2D eigenvalue weighted by Crippen LogP contribution is 2.24. The van der Waals surface area contributed by atoms with Gasteiger partial charge in [0.15, 0.2) is 10.3 Å². The van der Waals surface area contributed by atoms with Crippen molar-refractivity contribution in [1.29, 1.82) is 0 Å². The summed E-state index contributed by atoms with van der Waals surface area (Å²) in [6, 6.07) is 21.2. The Kier molecular flexibility index (Phi) is 3.05. The van der Waals surface area contributed by atoms with Gasteiger partial charge in [-0.25, -0.2) is 4.98 Å². The quantitative estimate of drug-likeness (QED) is 0.569. The summed E-state index contributed by atoms with van der Waals surface area (Å²) in [6.45, 7) is 1.89. The molecule has 0 fully saturated rings. The Morgan fingerprint density at radius 3 is 2.22 bits per heavy atom. The van der Waals surface area contributed by atoms with Crippen LogP contribution in [0.1, 0.15) is 5.69 Å². The van der Waals surface area contributed by atoms with Crippen LogP contribution in [-0.4, -0.2) is 9.56 Å². The molecule has 0 saturated carbocycles. The van der Waals surface area contributed by atoms with E-state index in [1.54, 1.807) is 0 Å². The minimum Gasteiger partial charge on any atom is -0.202 e. The van der Waals surface area contributed by atoms with E-state index in [-0.39, 0.29) is 0 Å². The fourth-order valence-electron chi connectivity index (χ4n) is 2.65. The van der Waals surface area contributed by atoms with E-state index in [9.17, 15) is 4.91 Å². The van der Waals surface area contributed by atoms with Crippen molar-refractivity contribution in [3.8, 4) is 22.5 Å². The topological polar surface area (TPSA) is 53.4 Å². The van der Waals surface area contributed by atoms with Crippen LogP contribution in [0.5, 0.6) is 0 Å². The predicted molar refractivity (Wildman–Crippen MR) is 86.4 cm³/mol. The van der Waals surface area contributed by atoms with Crippen LogP contribution in [0.3, 0.4) is 0 Å². The van der Waals surface area contributed by atoms with Gasteiger partial charge in [0.2, 0.25) is 0 Å². The summed E-state index contributed by atoms with van der Waals surface area (Å²) >= 11 is 0. The zero-order valence-electron chi connectivity index (χ0n) is 12.5. The Bertz CT molecular complexity index is 1030. The summed E-state index contributed by atoms with van der Waals surface area (Å²) in [5.41, 5.74) is 4.29. The molecule has 2 heterocycles. The number of aryl methyl sites for hydroxylation is 1. The molecule has 0 bridgehead atoms. The van der Waals surface area contributed by atoms with Crippen molar-refractivity contribution in [2.24, 2.45) is 0 Å². The normalized spacial score (nSPS) is 11.0. The third-order valence-electron chi connectivity index (χ3n) is 3.75. The van der Waals surface area contributed by atoms with Crippen molar-refractivity contribution in [2.75, 3.05) is 0 Å². The fourth-order valence-corrected chi connectivity index (χ4v) is 2.65. The Labute approximate surface area is 132 Å². The van der Waals surface area contributed by atoms with E-state index in [1.165, 1.54) is 4.57 Å². The first-order valence-corrected chi connectivity index (χ1v) is 7.31. The highest BCUT2D eigenvalue weighted by atomic mass is 16.7. The van der Waals surface area contributed by atoms with Crippen LogP contribution < -0.4 is 4.60 Å². The number of rotatable bonds is 2. The Morgan fingerprint density at radius 2 is 1.57 bits per heavy atom. The maximum absolute atomic E-state index is 12.2. The Balaban J connectivity index is 2.04. The van der Waals surface area contributed by atoms with Crippen LogP contribution in [0.25, 0.3) is 28.2 Å². The van der Waals surface area contributed by atoms with E-state index in [0.717, 1.165) is 22.5 Å². The zero-order chi connectivity index (χ0) is 15.8. The first-order valence-electron chi connectivity index (χ1n) is 7.31. The summed E-state index contributed by atoms with van der Waals surface area (Å²) < 4.78 is 7.26. The maximum Gasteiger partial charge on any atom is 0.321 e. The number of nitrogens with zero attached hydrogens (tertiary/aromatic N) is 3. The van der Waals surface area contributed by atoms with Crippen LogP contribution >= 0.6 is 0 Å². The lowest BCUT2D eigenvalue weighted by Crippen LogP contribution is -2.12. The lowest BCUT2D eigenvalue weighted by Gasteiger charge is -2.00. The largest absolute Gasteiger partial charge is 0.321 e. The monoisotopic (exact) mass is 304 g/mol. The fraction of sp³-hybridized carbons (Fsp3) is 0.0556. The number of hydrogen-bond donors (Lipinski definition) is 0. The maximum atomic E-state index is 12.2. The molecule has 0 aliphatic rings. The molecule has 0 aliphatic heterocycles. The molecule has 5 nitrogen and oxygen atoms in total. The van der Waals surface area contributed by atoms with Crippen molar-refractivity contribution in [3.63, 3.8) is 0 Å². The molecule has 2 aromatic carbocycles. The second-order valence-electron chi connectivity index (χ2n) is 5.32. The molecule has 4 rings (SSSR count). The zero-order valence-corrected chi connectivity index (χ0v) is 12.5. The molecular formula is C18H14N3O2+. The molecule has 0 spiro atoms. The van der Waals surface area contributed by atoms with Gasteiger partial charge in [-0.15, -0.1) is 0 Å². The van der Waals surface area contributed by atoms with E-state index in [4.69, 9.17) is 4.63 Å². The van der Waals surface area contributed by atoms with Gasteiger partial charge in [-0.2, -0.15) is 0 Å². The highest BCUT2D eigenvalue weighted by Gasteiger charge is 2.25. The summed E-state index contributed by atoms with van der Waals surface area (Å²) in [5.74, 6) is 0. The molecule has 0 aliphatic carbocycles. The van der Waals surface area contributed by atoms with Gasteiger partial charge in [0.25, 0.3) is 5.69 Å². The standard InChI is InChI=1S/C18H14N3O2/c1-13-12-16(14-8-4-2-5-9-14)19-18-17(21(22)23-20(13)18)15-10-6-3-7-11-15/h2-12H,1H3/q+1. The molecule has 2 aromatic heterocycles. The molecule has 23 heavy (non-hydrogen) atoms. The van der Waals surface area contributed by atoms with Crippen molar-refractivity contribution < 1.29 is 9.23 Å². The summed E-state index contributed by atoms with van der Waals surface area (Å²) in [4.78, 5) is 16.9. The van der Waals surface area contributed by atoms with Gasteiger partial charge >= 0.3 is 5.65 Å². The van der Waals surface area contributed by atoms with Crippen LogP contribution in [0, 0.1) is 11.8 Å². The van der Waals surface area contributed by atoms with Gasteiger partial charge in [-0.3, -0.25) is 0 Å². The number of fused-ring (bicyclic) bond motifs is 1. The van der Waals surface area contributed by atoms with Crippen molar-refractivity contribution in [1.82, 2.24) is 9.56 Å². The Morgan fingerprint density at radius 1 is 0.957 bits per heavy atom. The molecule has 5 heteroatoms. The van der Waals surface area contributed by atoms with Crippen molar-refractivity contribution in [2.45, 2.75) is 6.92 Å². The third kappa shape index (κ3) is 2.23. The SMILES string of the molecule is Cc1cc(-c2ccccc2)nc2c(-c3ccccc3)[n+](=O)on12. The van der Waals surface area contributed by atoms with Gasteiger partial charge in [-0.05, 0) is 9.48 Å². The van der Waals surface area contributed by atoms with E-state index < -0.39 is 0 Å². The molecule has 4 aromatic rings. The van der Waals surface area contributed by atoms with Gasteiger partial charge < -0.3 is 0 Å². The molecule has 112 valence electrons. The van der Waals surface area contributed by atoms with Gasteiger partial charge in [0.1, 0.15) is 0 Å². The average Bonchev–Trinajstić information content (AvgIpc) is 2.93. The van der Waals surface area contributed by atoms with Gasteiger partial charge in [0.05, 0.1) is 5.69 Å². The molecule has 0 radical (unpaired) electrons. The number of aromatic nitrogens is 3. The first-order chi connectivity index (χ1) is 11.2. The second-order valence-corrected chi connectivity index (χ2v) is 5.32. The molecule has 0 unspecified atom stereocenters. The predicted octanol–water partition coefficient (Wildman–Crippen LogP) is 3.48. The van der Waals surface area contributed by atoms with Crippen LogP contribution in [0.15, 0.2) is 71.4 Å². The van der Waals surface area contributed by atoms with Gasteiger partial charge in [0, 0.05) is 24.1 Å². The minimum atomic E-state index is 0.409. The van der Waals surface area contributed by atoms with E-state index in [0.29, 0.717) is 15.9 Å². The summed E-state index contributed by atoms with van der Waals surface area (Å²) in [5, 5.41) is 0. The van der Waals surface area contributed by atoms with E-state index in [2.05, 4.69) is 4.98 Å². The van der Waals surface area contributed by atoms with Crippen LogP contribution in [0.2, 0.25) is 0 Å². The lowest BCUT2D eigenvalue weighted by atomic mass is 10.1. The van der Waals surface area contributed by atoms with E-state index >= 15 is 0 Å². The second kappa shape index (κ2) is 5.21. The average molecular weight is 304 g/mol. The molecule has 0 atom stereocenters. The lowest BCUT2D eigenvalue weighted by molar-refractivity contribution is -0.707. The molecular weight excluding hydrogens is 290 g/mol. The van der Waals surface area contributed by atoms with Gasteiger partial charge in [-0.1, -0.05) is 65.3 Å². The van der Waals surface area contributed by atoms with E-state index in [1.807, 2.05) is 73.7 Å². The number of benzene rings is 2. The minimum absolute atomic E-state index is 0.409. The van der Waals surface area contributed by atoms with Crippen molar-refractivity contribution in [3.05, 3.63) is 77.3 Å². The summed E-state index contributed by atoms with van der Waals surface area (Å²) in [6.07, 6.45) is 0.